The number of benzene rings is 2. The van der Waals surface area contributed by atoms with Crippen LogP contribution in [0.4, 0.5) is 5.69 Å². The Morgan fingerprint density at radius 2 is 2.00 bits per heavy atom. The Hall–Kier alpha value is -3.89. The first kappa shape index (κ1) is 19.8. The van der Waals surface area contributed by atoms with Gasteiger partial charge in [-0.2, -0.15) is 10.4 Å². The van der Waals surface area contributed by atoms with E-state index < -0.39 is 0 Å². The standard InChI is InChI=1S/C26H25N7/c1-28-13-19-8-9-31(14-19)23-6-7-24-22(10-23)16-32-15-21(20-4-2-18(12-27)3-5-20)11-25(32)26-29-17-30-33(24)26/h2-7,10-11,15,17,19,28H,8-9,13-14,16H2,1H3/t19-/m1/s1. The minimum atomic E-state index is 0.666. The molecule has 0 unspecified atom stereocenters. The molecular weight excluding hydrogens is 410 g/mol. The molecule has 6 rings (SSSR count). The Bertz CT molecular complexity index is 1360. The first-order valence-corrected chi connectivity index (χ1v) is 11.4. The van der Waals surface area contributed by atoms with Crippen molar-refractivity contribution in [2.24, 2.45) is 5.92 Å². The molecule has 7 heteroatoms. The van der Waals surface area contributed by atoms with Crippen molar-refractivity contribution >= 4 is 5.69 Å². The van der Waals surface area contributed by atoms with Crippen molar-refractivity contribution in [3.63, 3.8) is 0 Å². The van der Waals surface area contributed by atoms with Gasteiger partial charge in [0, 0.05) is 37.1 Å². The monoisotopic (exact) mass is 435 g/mol. The lowest BCUT2D eigenvalue weighted by atomic mass is 10.1. The molecule has 164 valence electrons. The summed E-state index contributed by atoms with van der Waals surface area (Å²) < 4.78 is 4.21. The molecule has 2 aromatic carbocycles. The maximum absolute atomic E-state index is 9.11. The number of aromatic nitrogens is 4. The topological polar surface area (TPSA) is 74.7 Å². The van der Waals surface area contributed by atoms with Gasteiger partial charge in [-0.05, 0) is 73.5 Å². The van der Waals surface area contributed by atoms with E-state index in [0.717, 1.165) is 54.5 Å². The van der Waals surface area contributed by atoms with E-state index in [4.69, 9.17) is 5.26 Å². The molecule has 1 N–H and O–H groups in total. The van der Waals surface area contributed by atoms with E-state index in [1.165, 1.54) is 17.7 Å². The van der Waals surface area contributed by atoms with Gasteiger partial charge in [-0.3, -0.25) is 0 Å². The quantitative estimate of drug-likeness (QED) is 0.466. The molecule has 0 amide bonds. The Labute approximate surface area is 192 Å². The van der Waals surface area contributed by atoms with Gasteiger partial charge in [0.05, 0.1) is 23.0 Å². The van der Waals surface area contributed by atoms with Crippen LogP contribution in [0.1, 0.15) is 17.5 Å². The van der Waals surface area contributed by atoms with Gasteiger partial charge in [-0.25, -0.2) is 9.67 Å². The molecule has 0 spiro atoms. The average molecular weight is 436 g/mol. The molecule has 0 bridgehead atoms. The molecule has 2 aliphatic rings. The summed E-state index contributed by atoms with van der Waals surface area (Å²) in [6, 6.07) is 18.8. The zero-order valence-corrected chi connectivity index (χ0v) is 18.6. The van der Waals surface area contributed by atoms with E-state index in [9.17, 15) is 0 Å². The first-order valence-electron chi connectivity index (χ1n) is 11.4. The fourth-order valence-corrected chi connectivity index (χ4v) is 5.12. The summed E-state index contributed by atoms with van der Waals surface area (Å²) in [7, 11) is 2.03. The molecule has 7 nitrogen and oxygen atoms in total. The predicted molar refractivity (Wildman–Crippen MR) is 128 cm³/mol. The first-order chi connectivity index (χ1) is 16.2. The second kappa shape index (κ2) is 7.91. The van der Waals surface area contributed by atoms with Gasteiger partial charge >= 0.3 is 0 Å². The van der Waals surface area contributed by atoms with Crippen molar-refractivity contribution in [3.8, 4) is 34.4 Å². The number of rotatable bonds is 4. The number of fused-ring (bicyclic) bond motifs is 5. The van der Waals surface area contributed by atoms with E-state index in [1.54, 1.807) is 6.33 Å². The van der Waals surface area contributed by atoms with E-state index in [-0.39, 0.29) is 0 Å². The zero-order valence-electron chi connectivity index (χ0n) is 18.6. The SMILES string of the molecule is CNC[C@H]1CCN(c2ccc3c(c2)Cn2cc(-c4ccc(C#N)cc4)cc2-c2ncnn2-3)C1. The van der Waals surface area contributed by atoms with E-state index in [0.29, 0.717) is 11.5 Å². The van der Waals surface area contributed by atoms with Crippen LogP contribution in [0.2, 0.25) is 0 Å². The number of nitriles is 1. The highest BCUT2D eigenvalue weighted by Crippen LogP contribution is 2.35. The van der Waals surface area contributed by atoms with Crippen LogP contribution < -0.4 is 10.2 Å². The summed E-state index contributed by atoms with van der Waals surface area (Å²) in [6.45, 7) is 4.01. The minimum absolute atomic E-state index is 0.666. The van der Waals surface area contributed by atoms with Gasteiger partial charge in [0.25, 0.3) is 0 Å². The molecule has 2 aromatic heterocycles. The van der Waals surface area contributed by atoms with Gasteiger partial charge in [0.2, 0.25) is 0 Å². The smallest absolute Gasteiger partial charge is 0.179 e. The summed E-state index contributed by atoms with van der Waals surface area (Å²) in [5.74, 6) is 1.54. The lowest BCUT2D eigenvalue weighted by Gasteiger charge is -2.21. The summed E-state index contributed by atoms with van der Waals surface area (Å²) in [5, 5.41) is 17.0. The molecular formula is C26H25N7. The number of nitrogens with one attached hydrogen (secondary N) is 1. The lowest BCUT2D eigenvalue weighted by Crippen LogP contribution is -2.24. The molecule has 1 fully saturated rings. The molecule has 4 aromatic rings. The maximum Gasteiger partial charge on any atom is 0.179 e. The van der Waals surface area contributed by atoms with Gasteiger partial charge in [-0.15, -0.1) is 0 Å². The van der Waals surface area contributed by atoms with Crippen LogP contribution in [-0.4, -0.2) is 46.0 Å². The molecule has 1 atom stereocenters. The van der Waals surface area contributed by atoms with Crippen LogP contribution in [0, 0.1) is 17.2 Å². The predicted octanol–water partition coefficient (Wildman–Crippen LogP) is 3.68. The zero-order chi connectivity index (χ0) is 22.4. The summed E-state index contributed by atoms with van der Waals surface area (Å²) in [4.78, 5) is 7.09. The van der Waals surface area contributed by atoms with Crippen LogP contribution in [0.15, 0.2) is 61.1 Å². The van der Waals surface area contributed by atoms with Crippen molar-refractivity contribution in [2.75, 3.05) is 31.6 Å². The lowest BCUT2D eigenvalue weighted by molar-refractivity contribution is 0.549. The Morgan fingerprint density at radius 1 is 1.12 bits per heavy atom. The van der Waals surface area contributed by atoms with Crippen LogP contribution in [0.5, 0.6) is 0 Å². The molecule has 4 heterocycles. The third kappa shape index (κ3) is 3.40. The third-order valence-electron chi connectivity index (χ3n) is 6.80. The Balaban J connectivity index is 1.39. The highest BCUT2D eigenvalue weighted by molar-refractivity contribution is 5.72. The second-order valence-electron chi connectivity index (χ2n) is 8.90. The van der Waals surface area contributed by atoms with Gasteiger partial charge < -0.3 is 14.8 Å². The summed E-state index contributed by atoms with van der Waals surface area (Å²) >= 11 is 0. The Kier molecular flexibility index (Phi) is 4.74. The largest absolute Gasteiger partial charge is 0.371 e. The normalized spacial score (nSPS) is 16.6. The van der Waals surface area contributed by atoms with Gasteiger partial charge in [0.1, 0.15) is 6.33 Å². The number of nitrogens with zero attached hydrogens (tertiary/aromatic N) is 6. The molecule has 0 radical (unpaired) electrons. The Morgan fingerprint density at radius 3 is 2.82 bits per heavy atom. The molecule has 1 saturated heterocycles. The highest BCUT2D eigenvalue weighted by atomic mass is 15.4. The second-order valence-corrected chi connectivity index (χ2v) is 8.90. The number of anilines is 1. The average Bonchev–Trinajstić information content (AvgIpc) is 3.58. The van der Waals surface area contributed by atoms with Crippen LogP contribution >= 0.6 is 0 Å². The molecule has 0 aliphatic carbocycles. The van der Waals surface area contributed by atoms with Crippen LogP contribution in [0.3, 0.4) is 0 Å². The fraction of sp³-hybridized carbons (Fsp3) is 0.269. The van der Waals surface area contributed by atoms with Gasteiger partial charge in [-0.1, -0.05) is 12.1 Å². The maximum atomic E-state index is 9.11. The van der Waals surface area contributed by atoms with Crippen molar-refractivity contribution in [2.45, 2.75) is 13.0 Å². The van der Waals surface area contributed by atoms with Gasteiger partial charge in [0.15, 0.2) is 5.82 Å². The number of hydrogen-bond acceptors (Lipinski definition) is 5. The molecule has 2 aliphatic heterocycles. The minimum Gasteiger partial charge on any atom is -0.371 e. The summed E-state index contributed by atoms with van der Waals surface area (Å²) in [6.07, 6.45) is 5.02. The van der Waals surface area contributed by atoms with Crippen molar-refractivity contribution < 1.29 is 0 Å². The fourth-order valence-electron chi connectivity index (χ4n) is 5.12. The summed E-state index contributed by atoms with van der Waals surface area (Å²) in [5.41, 5.74) is 7.50. The number of hydrogen-bond donors (Lipinski definition) is 1. The van der Waals surface area contributed by atoms with Crippen molar-refractivity contribution in [3.05, 3.63) is 72.2 Å². The van der Waals surface area contributed by atoms with E-state index in [1.807, 2.05) is 36.0 Å². The van der Waals surface area contributed by atoms with Crippen molar-refractivity contribution in [1.29, 1.82) is 5.26 Å². The van der Waals surface area contributed by atoms with Crippen molar-refractivity contribution in [1.82, 2.24) is 24.6 Å². The van der Waals surface area contributed by atoms with Crippen LogP contribution in [0.25, 0.3) is 28.3 Å². The molecule has 0 saturated carbocycles. The van der Waals surface area contributed by atoms with E-state index >= 15 is 0 Å². The van der Waals surface area contributed by atoms with Crippen LogP contribution in [-0.2, 0) is 6.54 Å². The highest BCUT2D eigenvalue weighted by Gasteiger charge is 2.25. The molecule has 33 heavy (non-hydrogen) atoms. The van der Waals surface area contributed by atoms with E-state index in [2.05, 4.69) is 61.4 Å². The third-order valence-corrected chi connectivity index (χ3v) is 6.80.